The monoisotopic (exact) mass is 313 g/mol. The fourth-order valence-corrected chi connectivity index (χ4v) is 3.41. The Balaban J connectivity index is 2.27. The lowest BCUT2D eigenvalue weighted by atomic mass is 10.2. The molecule has 6 nitrogen and oxygen atoms in total. The first-order chi connectivity index (χ1) is 10.0. The lowest BCUT2D eigenvalue weighted by Crippen LogP contribution is -2.40. The minimum atomic E-state index is -3.30. The van der Waals surface area contributed by atoms with Crippen LogP contribution in [0.5, 0.6) is 0 Å². The quantitative estimate of drug-likeness (QED) is 0.798. The van der Waals surface area contributed by atoms with Gasteiger partial charge in [0.05, 0.1) is 6.61 Å². The van der Waals surface area contributed by atoms with Crippen LogP contribution in [0.2, 0.25) is 0 Å². The number of anilines is 1. The first-order valence-electron chi connectivity index (χ1n) is 7.14. The van der Waals surface area contributed by atoms with Crippen LogP contribution in [0.4, 0.5) is 5.82 Å². The number of aromatic nitrogens is 1. The van der Waals surface area contributed by atoms with Gasteiger partial charge in [0.2, 0.25) is 0 Å². The van der Waals surface area contributed by atoms with Crippen molar-refractivity contribution in [2.45, 2.75) is 23.8 Å². The third-order valence-electron chi connectivity index (χ3n) is 3.62. The van der Waals surface area contributed by atoms with E-state index < -0.39 is 9.84 Å². The molecule has 1 unspecified atom stereocenters. The molecule has 1 aromatic heterocycles. The molecule has 1 N–H and O–H groups in total. The molecule has 0 saturated carbocycles. The van der Waals surface area contributed by atoms with Crippen molar-refractivity contribution < 1.29 is 13.2 Å². The second-order valence-electron chi connectivity index (χ2n) is 5.33. The molecule has 1 aromatic rings. The zero-order valence-corrected chi connectivity index (χ0v) is 13.4. The van der Waals surface area contributed by atoms with E-state index in [9.17, 15) is 8.42 Å². The standard InChI is InChI=1S/C14H23N3O3S/c1-20-10-9-17(11-12-5-3-7-15-12)14-13(21(2,18)19)6-4-8-16-14/h4,6,8,12,15H,3,5,7,9-11H2,1-2H3. The Labute approximate surface area is 126 Å². The molecule has 0 bridgehead atoms. The molecule has 21 heavy (non-hydrogen) atoms. The Kier molecular flexibility index (Phi) is 5.55. The zero-order valence-electron chi connectivity index (χ0n) is 12.6. The third kappa shape index (κ3) is 4.39. The normalized spacial score (nSPS) is 18.9. The van der Waals surface area contributed by atoms with E-state index >= 15 is 0 Å². The van der Waals surface area contributed by atoms with E-state index in [0.29, 0.717) is 25.0 Å². The SMILES string of the molecule is COCCN(CC1CCCN1)c1ncccc1S(C)(=O)=O. The van der Waals surface area contributed by atoms with Crippen molar-refractivity contribution in [3.05, 3.63) is 18.3 Å². The van der Waals surface area contributed by atoms with Crippen LogP contribution >= 0.6 is 0 Å². The molecule has 0 spiro atoms. The summed E-state index contributed by atoms with van der Waals surface area (Å²) in [5, 5.41) is 3.43. The smallest absolute Gasteiger partial charge is 0.179 e. The predicted molar refractivity (Wildman–Crippen MR) is 82.5 cm³/mol. The van der Waals surface area contributed by atoms with Gasteiger partial charge in [-0.3, -0.25) is 0 Å². The van der Waals surface area contributed by atoms with Crippen molar-refractivity contribution in [3.63, 3.8) is 0 Å². The van der Waals surface area contributed by atoms with Crippen LogP contribution in [0, 0.1) is 0 Å². The molecular formula is C14H23N3O3S. The number of hydrogen-bond acceptors (Lipinski definition) is 6. The molecule has 1 aliphatic rings. The van der Waals surface area contributed by atoms with Gasteiger partial charge in [-0.2, -0.15) is 0 Å². The lowest BCUT2D eigenvalue weighted by molar-refractivity contribution is 0.204. The molecule has 2 heterocycles. The van der Waals surface area contributed by atoms with E-state index in [1.807, 2.05) is 4.90 Å². The number of nitrogens with zero attached hydrogens (tertiary/aromatic N) is 2. The van der Waals surface area contributed by atoms with Gasteiger partial charge >= 0.3 is 0 Å². The number of pyridine rings is 1. The van der Waals surface area contributed by atoms with Crippen molar-refractivity contribution in [2.75, 3.05) is 44.5 Å². The van der Waals surface area contributed by atoms with Crippen LogP contribution in [0.1, 0.15) is 12.8 Å². The molecule has 0 radical (unpaired) electrons. The van der Waals surface area contributed by atoms with Gasteiger partial charge < -0.3 is 15.0 Å². The first kappa shape index (κ1) is 16.2. The predicted octanol–water partition coefficient (Wildman–Crippen LogP) is 0.690. The summed E-state index contributed by atoms with van der Waals surface area (Å²) >= 11 is 0. The number of hydrogen-bond donors (Lipinski definition) is 1. The van der Waals surface area contributed by atoms with Crippen molar-refractivity contribution in [3.8, 4) is 0 Å². The molecule has 2 rings (SSSR count). The van der Waals surface area contributed by atoms with E-state index in [0.717, 1.165) is 25.9 Å². The molecule has 0 aromatic carbocycles. The fourth-order valence-electron chi connectivity index (χ4n) is 2.57. The van der Waals surface area contributed by atoms with Crippen LogP contribution < -0.4 is 10.2 Å². The largest absolute Gasteiger partial charge is 0.383 e. The van der Waals surface area contributed by atoms with E-state index in [-0.39, 0.29) is 4.90 Å². The lowest BCUT2D eigenvalue weighted by Gasteiger charge is -2.28. The Bertz CT molecular complexity index is 556. The van der Waals surface area contributed by atoms with Crippen LogP contribution in [0.3, 0.4) is 0 Å². The Morgan fingerprint density at radius 2 is 2.33 bits per heavy atom. The maximum atomic E-state index is 12.0. The Morgan fingerprint density at radius 1 is 1.52 bits per heavy atom. The molecule has 1 aliphatic heterocycles. The van der Waals surface area contributed by atoms with E-state index in [1.54, 1.807) is 25.4 Å². The van der Waals surface area contributed by atoms with Crippen LogP contribution in [-0.4, -0.2) is 59.1 Å². The van der Waals surface area contributed by atoms with E-state index in [4.69, 9.17) is 4.74 Å². The summed E-state index contributed by atoms with van der Waals surface area (Å²) in [6.45, 7) is 2.91. The Morgan fingerprint density at radius 3 is 2.95 bits per heavy atom. The molecule has 1 saturated heterocycles. The molecular weight excluding hydrogens is 290 g/mol. The number of nitrogens with one attached hydrogen (secondary N) is 1. The van der Waals surface area contributed by atoms with Crippen LogP contribution in [-0.2, 0) is 14.6 Å². The molecule has 0 aliphatic carbocycles. The average molecular weight is 313 g/mol. The highest BCUT2D eigenvalue weighted by Crippen LogP contribution is 2.23. The fraction of sp³-hybridized carbons (Fsp3) is 0.643. The van der Waals surface area contributed by atoms with Gasteiger partial charge in [0, 0.05) is 38.7 Å². The molecule has 0 amide bonds. The highest BCUT2D eigenvalue weighted by Gasteiger charge is 2.23. The molecule has 7 heteroatoms. The minimum Gasteiger partial charge on any atom is -0.383 e. The van der Waals surface area contributed by atoms with Gasteiger partial charge in [-0.25, -0.2) is 13.4 Å². The van der Waals surface area contributed by atoms with Crippen molar-refractivity contribution in [2.24, 2.45) is 0 Å². The minimum absolute atomic E-state index is 0.277. The van der Waals surface area contributed by atoms with Crippen molar-refractivity contribution in [1.29, 1.82) is 0 Å². The third-order valence-corrected chi connectivity index (χ3v) is 4.74. The molecule has 1 atom stereocenters. The summed E-state index contributed by atoms with van der Waals surface area (Å²) in [5.41, 5.74) is 0. The van der Waals surface area contributed by atoms with Gasteiger partial charge in [-0.15, -0.1) is 0 Å². The summed E-state index contributed by atoms with van der Waals surface area (Å²) in [4.78, 5) is 6.58. The van der Waals surface area contributed by atoms with E-state index in [1.165, 1.54) is 6.26 Å². The molecule has 118 valence electrons. The summed E-state index contributed by atoms with van der Waals surface area (Å²) in [7, 11) is -1.66. The summed E-state index contributed by atoms with van der Waals surface area (Å²) in [6.07, 6.45) is 5.11. The number of rotatable bonds is 7. The molecule has 1 fully saturated rings. The maximum absolute atomic E-state index is 12.0. The highest BCUT2D eigenvalue weighted by atomic mass is 32.2. The van der Waals surface area contributed by atoms with Crippen molar-refractivity contribution >= 4 is 15.7 Å². The second-order valence-corrected chi connectivity index (χ2v) is 7.31. The maximum Gasteiger partial charge on any atom is 0.179 e. The van der Waals surface area contributed by atoms with Gasteiger partial charge in [0.1, 0.15) is 10.7 Å². The van der Waals surface area contributed by atoms with Gasteiger partial charge in [-0.05, 0) is 31.5 Å². The topological polar surface area (TPSA) is 71.5 Å². The van der Waals surface area contributed by atoms with Crippen molar-refractivity contribution in [1.82, 2.24) is 10.3 Å². The van der Waals surface area contributed by atoms with Gasteiger partial charge in [0.25, 0.3) is 0 Å². The van der Waals surface area contributed by atoms with Gasteiger partial charge in [-0.1, -0.05) is 0 Å². The number of methoxy groups -OCH3 is 1. The zero-order chi connectivity index (χ0) is 15.3. The van der Waals surface area contributed by atoms with Gasteiger partial charge in [0.15, 0.2) is 9.84 Å². The highest BCUT2D eigenvalue weighted by molar-refractivity contribution is 7.90. The van der Waals surface area contributed by atoms with Crippen LogP contribution in [0.15, 0.2) is 23.2 Å². The second kappa shape index (κ2) is 7.20. The summed E-state index contributed by atoms with van der Waals surface area (Å²) < 4.78 is 29.1. The van der Waals surface area contributed by atoms with E-state index in [2.05, 4.69) is 10.3 Å². The average Bonchev–Trinajstić information content (AvgIpc) is 2.95. The summed E-state index contributed by atoms with van der Waals surface area (Å²) in [5.74, 6) is 0.519. The first-order valence-corrected chi connectivity index (χ1v) is 9.04. The summed E-state index contributed by atoms with van der Waals surface area (Å²) in [6, 6.07) is 3.64. The number of sulfone groups is 1. The Hall–Kier alpha value is -1.18. The number of ether oxygens (including phenoxy) is 1. The van der Waals surface area contributed by atoms with Crippen LogP contribution in [0.25, 0.3) is 0 Å².